The zero-order valence-electron chi connectivity index (χ0n) is 12.7. The molecule has 0 aromatic heterocycles. The number of rotatable bonds is 8. The fourth-order valence-corrected chi connectivity index (χ4v) is 2.86. The highest BCUT2D eigenvalue weighted by Crippen LogP contribution is 2.34. The Morgan fingerprint density at radius 3 is 2.24 bits per heavy atom. The van der Waals surface area contributed by atoms with Crippen LogP contribution in [0.5, 0.6) is 5.75 Å². The van der Waals surface area contributed by atoms with Gasteiger partial charge in [0.2, 0.25) is 0 Å². The molecule has 0 heterocycles. The van der Waals surface area contributed by atoms with Crippen LogP contribution in [0.15, 0.2) is 18.2 Å². The Morgan fingerprint density at radius 2 is 1.76 bits per heavy atom. The number of hydrogen-bond donors (Lipinski definition) is 2. The van der Waals surface area contributed by atoms with E-state index in [-0.39, 0.29) is 0 Å². The van der Waals surface area contributed by atoms with E-state index < -0.39 is 7.12 Å². The first-order valence-corrected chi connectivity index (χ1v) is 7.91. The summed E-state index contributed by atoms with van der Waals surface area (Å²) in [5.41, 5.74) is 1.58. The molecule has 0 spiro atoms. The molecule has 4 nitrogen and oxygen atoms in total. The number of nitrogens with zero attached hydrogens (tertiary/aromatic N) is 1. The average Bonchev–Trinajstić information content (AvgIpc) is 3.35. The largest absolute Gasteiger partial charge is 0.496 e. The van der Waals surface area contributed by atoms with Gasteiger partial charge in [-0.2, -0.15) is 0 Å². The van der Waals surface area contributed by atoms with Gasteiger partial charge in [-0.25, -0.2) is 0 Å². The van der Waals surface area contributed by atoms with Gasteiger partial charge in [0.15, 0.2) is 0 Å². The summed E-state index contributed by atoms with van der Waals surface area (Å²) in [5.74, 6) is 2.55. The summed E-state index contributed by atoms with van der Waals surface area (Å²) in [6.07, 6.45) is 5.42. The molecule has 1 aromatic carbocycles. The van der Waals surface area contributed by atoms with E-state index in [1.165, 1.54) is 25.7 Å². The molecule has 0 atom stereocenters. The third kappa shape index (κ3) is 4.22. The van der Waals surface area contributed by atoms with Gasteiger partial charge in [-0.15, -0.1) is 0 Å². The van der Waals surface area contributed by atoms with Crippen molar-refractivity contribution >= 4 is 12.6 Å². The Morgan fingerprint density at radius 1 is 1.14 bits per heavy atom. The van der Waals surface area contributed by atoms with Crippen molar-refractivity contribution in [3.05, 3.63) is 23.8 Å². The van der Waals surface area contributed by atoms with Crippen molar-refractivity contribution in [1.82, 2.24) is 4.90 Å². The van der Waals surface area contributed by atoms with Crippen molar-refractivity contribution in [3.63, 3.8) is 0 Å². The molecule has 1 aromatic rings. The Bertz CT molecular complexity index is 472. The van der Waals surface area contributed by atoms with Crippen LogP contribution in [-0.4, -0.2) is 42.3 Å². The monoisotopic (exact) mass is 289 g/mol. The van der Waals surface area contributed by atoms with Crippen LogP contribution in [0.2, 0.25) is 0 Å². The van der Waals surface area contributed by atoms with Crippen molar-refractivity contribution in [1.29, 1.82) is 0 Å². The maximum atomic E-state index is 9.36. The first kappa shape index (κ1) is 14.9. The molecule has 0 aliphatic heterocycles. The summed E-state index contributed by atoms with van der Waals surface area (Å²) < 4.78 is 5.43. The third-order valence-corrected chi connectivity index (χ3v) is 4.42. The van der Waals surface area contributed by atoms with Crippen molar-refractivity contribution in [2.24, 2.45) is 11.8 Å². The van der Waals surface area contributed by atoms with Gasteiger partial charge in [0.05, 0.1) is 7.11 Å². The van der Waals surface area contributed by atoms with Crippen LogP contribution in [0.1, 0.15) is 31.2 Å². The minimum absolute atomic E-state index is 0.531. The predicted octanol–water partition coefficient (Wildman–Crippen LogP) is 0.997. The summed E-state index contributed by atoms with van der Waals surface area (Å²) in [6.45, 7) is 3.15. The molecule has 0 bridgehead atoms. The molecule has 5 heteroatoms. The molecule has 2 aliphatic carbocycles. The van der Waals surface area contributed by atoms with E-state index in [9.17, 15) is 10.0 Å². The molecule has 2 aliphatic rings. The van der Waals surface area contributed by atoms with Crippen LogP contribution in [-0.2, 0) is 6.54 Å². The standard InChI is InChI=1S/C16H24BNO3/c1-21-16-7-6-15(17(19)20)8-14(16)11-18(9-12-2-3-12)10-13-4-5-13/h6-8,12-13,19-20H,2-5,9-11H2,1H3. The summed E-state index contributed by atoms with van der Waals surface area (Å²) in [5, 5.41) is 18.7. The van der Waals surface area contributed by atoms with Gasteiger partial charge >= 0.3 is 7.12 Å². The first-order valence-electron chi connectivity index (χ1n) is 7.91. The minimum Gasteiger partial charge on any atom is -0.496 e. The van der Waals surface area contributed by atoms with Crippen LogP contribution in [0, 0.1) is 11.8 Å². The topological polar surface area (TPSA) is 52.9 Å². The van der Waals surface area contributed by atoms with E-state index in [2.05, 4.69) is 4.90 Å². The van der Waals surface area contributed by atoms with Crippen LogP contribution in [0.3, 0.4) is 0 Å². The van der Waals surface area contributed by atoms with Gasteiger partial charge in [-0.05, 0) is 49.0 Å². The molecular weight excluding hydrogens is 265 g/mol. The van der Waals surface area contributed by atoms with Crippen molar-refractivity contribution < 1.29 is 14.8 Å². The fourth-order valence-electron chi connectivity index (χ4n) is 2.86. The summed E-state index contributed by atoms with van der Waals surface area (Å²) >= 11 is 0. The molecule has 2 N–H and O–H groups in total. The zero-order valence-corrected chi connectivity index (χ0v) is 12.7. The van der Waals surface area contributed by atoms with Crippen molar-refractivity contribution in [2.75, 3.05) is 20.2 Å². The smallest absolute Gasteiger partial charge is 0.488 e. The molecule has 3 rings (SSSR count). The second-order valence-electron chi connectivity index (χ2n) is 6.53. The maximum Gasteiger partial charge on any atom is 0.488 e. The van der Waals surface area contributed by atoms with Crippen LogP contribution in [0.25, 0.3) is 0 Å². The lowest BCUT2D eigenvalue weighted by molar-refractivity contribution is 0.240. The second-order valence-corrected chi connectivity index (χ2v) is 6.53. The highest BCUT2D eigenvalue weighted by atomic mass is 16.5. The molecule has 21 heavy (non-hydrogen) atoms. The lowest BCUT2D eigenvalue weighted by atomic mass is 9.79. The fraction of sp³-hybridized carbons (Fsp3) is 0.625. The number of benzene rings is 1. The number of methoxy groups -OCH3 is 1. The van der Waals surface area contributed by atoms with Gasteiger partial charge in [-0.1, -0.05) is 12.1 Å². The molecule has 114 valence electrons. The third-order valence-electron chi connectivity index (χ3n) is 4.42. The maximum absolute atomic E-state index is 9.36. The minimum atomic E-state index is -1.42. The molecule has 0 saturated heterocycles. The molecule has 0 unspecified atom stereocenters. The SMILES string of the molecule is COc1ccc(B(O)O)cc1CN(CC1CC1)CC1CC1. The molecule has 2 saturated carbocycles. The van der Waals surface area contributed by atoms with E-state index in [0.29, 0.717) is 5.46 Å². The van der Waals surface area contributed by atoms with Crippen LogP contribution < -0.4 is 10.2 Å². The number of ether oxygens (including phenoxy) is 1. The van der Waals surface area contributed by atoms with E-state index in [1.54, 1.807) is 13.2 Å². The van der Waals surface area contributed by atoms with E-state index >= 15 is 0 Å². The number of hydrogen-bond acceptors (Lipinski definition) is 4. The molecular formula is C16H24BNO3. The molecule has 2 fully saturated rings. The summed E-state index contributed by atoms with van der Waals surface area (Å²) in [6, 6.07) is 5.39. The second kappa shape index (κ2) is 6.38. The van der Waals surface area contributed by atoms with Gasteiger partial charge in [-0.3, -0.25) is 4.90 Å². The van der Waals surface area contributed by atoms with Crippen molar-refractivity contribution in [3.8, 4) is 5.75 Å². The van der Waals surface area contributed by atoms with Gasteiger partial charge < -0.3 is 14.8 Å². The van der Waals surface area contributed by atoms with Crippen LogP contribution in [0.4, 0.5) is 0 Å². The summed E-state index contributed by atoms with van der Waals surface area (Å²) in [4.78, 5) is 2.51. The Labute approximate surface area is 126 Å². The van der Waals surface area contributed by atoms with Gasteiger partial charge in [0, 0.05) is 25.2 Å². The van der Waals surface area contributed by atoms with Gasteiger partial charge in [0.1, 0.15) is 5.75 Å². The quantitative estimate of drug-likeness (QED) is 0.701. The highest BCUT2D eigenvalue weighted by molar-refractivity contribution is 6.58. The molecule has 0 amide bonds. The summed E-state index contributed by atoms with van der Waals surface area (Å²) in [7, 11) is 0.245. The Hall–Kier alpha value is -1.04. The Balaban J connectivity index is 1.73. The lowest BCUT2D eigenvalue weighted by Gasteiger charge is -2.23. The van der Waals surface area contributed by atoms with Crippen molar-refractivity contribution in [2.45, 2.75) is 32.2 Å². The Kier molecular flexibility index (Phi) is 4.52. The first-order chi connectivity index (χ1) is 10.2. The van der Waals surface area contributed by atoms with E-state index in [1.807, 2.05) is 12.1 Å². The normalized spacial score (nSPS) is 18.1. The van der Waals surface area contributed by atoms with Crippen LogP contribution >= 0.6 is 0 Å². The average molecular weight is 289 g/mol. The zero-order chi connectivity index (χ0) is 14.8. The van der Waals surface area contributed by atoms with E-state index in [0.717, 1.165) is 42.8 Å². The van der Waals surface area contributed by atoms with Gasteiger partial charge in [0.25, 0.3) is 0 Å². The lowest BCUT2D eigenvalue weighted by Crippen LogP contribution is -2.32. The molecule has 0 radical (unpaired) electrons. The van der Waals surface area contributed by atoms with E-state index in [4.69, 9.17) is 4.74 Å². The highest BCUT2D eigenvalue weighted by Gasteiger charge is 2.29. The predicted molar refractivity (Wildman–Crippen MR) is 83.5 cm³/mol.